The number of amides is 1. The van der Waals surface area contributed by atoms with Crippen LogP contribution in [0.3, 0.4) is 0 Å². The first-order valence-electron chi connectivity index (χ1n) is 4.38. The number of aromatic amines is 1. The highest BCUT2D eigenvalue weighted by atomic mass is 16.2. The molecule has 0 saturated heterocycles. The summed E-state index contributed by atoms with van der Waals surface area (Å²) >= 11 is 0. The Kier molecular flexibility index (Phi) is 2.44. The molecule has 15 heavy (non-hydrogen) atoms. The third kappa shape index (κ3) is 2.19. The third-order valence-corrected chi connectivity index (χ3v) is 1.84. The predicted octanol–water partition coefficient (Wildman–Crippen LogP) is -0.532. The van der Waals surface area contributed by atoms with Gasteiger partial charge in [-0.15, -0.1) is 5.10 Å². The number of rotatable bonds is 3. The molecule has 2 aromatic heterocycles. The first kappa shape index (κ1) is 9.38. The lowest BCUT2D eigenvalue weighted by Gasteiger charge is -1.98. The van der Waals surface area contributed by atoms with Crippen molar-refractivity contribution in [3.05, 3.63) is 29.8 Å². The smallest absolute Gasteiger partial charge is 0.273 e. The van der Waals surface area contributed by atoms with Crippen molar-refractivity contribution in [2.75, 3.05) is 0 Å². The van der Waals surface area contributed by atoms with Crippen LogP contribution < -0.4 is 5.32 Å². The molecule has 0 aliphatic heterocycles. The van der Waals surface area contributed by atoms with Crippen molar-refractivity contribution in [1.29, 1.82) is 0 Å². The van der Waals surface area contributed by atoms with Crippen LogP contribution in [0.5, 0.6) is 0 Å². The Balaban J connectivity index is 1.93. The summed E-state index contributed by atoms with van der Waals surface area (Å²) in [6, 6.07) is 0. The molecular weight excluding hydrogens is 196 g/mol. The Morgan fingerprint density at radius 3 is 3.13 bits per heavy atom. The molecule has 0 bridgehead atoms. The van der Waals surface area contributed by atoms with Gasteiger partial charge in [-0.25, -0.2) is 0 Å². The maximum atomic E-state index is 11.5. The summed E-state index contributed by atoms with van der Waals surface area (Å²) in [6.07, 6.45) is 4.93. The van der Waals surface area contributed by atoms with E-state index in [2.05, 4.69) is 25.8 Å². The second-order valence-electron chi connectivity index (χ2n) is 3.07. The van der Waals surface area contributed by atoms with Crippen molar-refractivity contribution in [1.82, 2.24) is 30.5 Å². The molecule has 1 amide bonds. The molecule has 2 aromatic rings. The number of carbonyl (C=O) groups excluding carboxylic acids is 1. The SMILES string of the molecule is Cn1cc(C(=O)NCc2cn[nH]c2)nn1. The van der Waals surface area contributed by atoms with E-state index in [9.17, 15) is 4.79 Å². The van der Waals surface area contributed by atoms with Gasteiger partial charge in [0.25, 0.3) is 5.91 Å². The summed E-state index contributed by atoms with van der Waals surface area (Å²) in [5, 5.41) is 16.5. The van der Waals surface area contributed by atoms with E-state index in [1.54, 1.807) is 25.6 Å². The number of hydrogen-bond donors (Lipinski definition) is 2. The molecule has 78 valence electrons. The van der Waals surface area contributed by atoms with Gasteiger partial charge in [0, 0.05) is 25.4 Å². The van der Waals surface area contributed by atoms with Crippen LogP contribution in [0, 0.1) is 0 Å². The quantitative estimate of drug-likeness (QED) is 0.706. The summed E-state index contributed by atoms with van der Waals surface area (Å²) in [7, 11) is 1.71. The fraction of sp³-hybridized carbons (Fsp3) is 0.250. The zero-order chi connectivity index (χ0) is 10.7. The Labute approximate surface area is 85.5 Å². The standard InChI is InChI=1S/C8H10N6O/c1-14-5-7(12-13-14)8(15)9-2-6-3-10-11-4-6/h3-5H,2H2,1H3,(H,9,15)(H,10,11). The highest BCUT2D eigenvalue weighted by molar-refractivity contribution is 5.91. The van der Waals surface area contributed by atoms with Gasteiger partial charge in [0.2, 0.25) is 0 Å². The minimum absolute atomic E-state index is 0.246. The Bertz CT molecular complexity index is 445. The van der Waals surface area contributed by atoms with Crippen LogP contribution in [0.15, 0.2) is 18.6 Å². The van der Waals surface area contributed by atoms with E-state index < -0.39 is 0 Å². The first-order valence-corrected chi connectivity index (χ1v) is 4.38. The lowest BCUT2D eigenvalue weighted by atomic mass is 10.3. The van der Waals surface area contributed by atoms with Crippen molar-refractivity contribution in [3.8, 4) is 0 Å². The van der Waals surface area contributed by atoms with E-state index >= 15 is 0 Å². The van der Waals surface area contributed by atoms with Gasteiger partial charge in [-0.05, 0) is 0 Å². The molecule has 0 radical (unpaired) electrons. The van der Waals surface area contributed by atoms with Crippen molar-refractivity contribution in [2.45, 2.75) is 6.54 Å². The number of aromatic nitrogens is 5. The zero-order valence-electron chi connectivity index (χ0n) is 8.14. The van der Waals surface area contributed by atoms with Gasteiger partial charge in [0.1, 0.15) is 0 Å². The van der Waals surface area contributed by atoms with E-state index in [0.29, 0.717) is 12.2 Å². The van der Waals surface area contributed by atoms with Crippen LogP contribution in [0.25, 0.3) is 0 Å². The number of hydrogen-bond acceptors (Lipinski definition) is 4. The van der Waals surface area contributed by atoms with Crippen molar-refractivity contribution < 1.29 is 4.79 Å². The number of nitrogens with zero attached hydrogens (tertiary/aromatic N) is 4. The van der Waals surface area contributed by atoms with E-state index in [0.717, 1.165) is 5.56 Å². The largest absolute Gasteiger partial charge is 0.346 e. The fourth-order valence-electron chi connectivity index (χ4n) is 1.10. The topological polar surface area (TPSA) is 88.5 Å². The molecule has 0 saturated carbocycles. The van der Waals surface area contributed by atoms with Gasteiger partial charge in [-0.2, -0.15) is 5.10 Å². The monoisotopic (exact) mass is 206 g/mol. The summed E-state index contributed by atoms with van der Waals surface area (Å²) < 4.78 is 1.48. The molecular formula is C8H10N6O. The zero-order valence-corrected chi connectivity index (χ0v) is 8.14. The Morgan fingerprint density at radius 1 is 1.67 bits per heavy atom. The van der Waals surface area contributed by atoms with Crippen LogP contribution in [0.4, 0.5) is 0 Å². The second kappa shape index (κ2) is 3.91. The minimum Gasteiger partial charge on any atom is -0.346 e. The molecule has 0 aromatic carbocycles. The van der Waals surface area contributed by atoms with Crippen LogP contribution in [0.2, 0.25) is 0 Å². The molecule has 0 unspecified atom stereocenters. The van der Waals surface area contributed by atoms with Crippen molar-refractivity contribution in [2.24, 2.45) is 7.05 Å². The second-order valence-corrected chi connectivity index (χ2v) is 3.07. The molecule has 0 atom stereocenters. The normalized spacial score (nSPS) is 10.2. The number of aryl methyl sites for hydroxylation is 1. The molecule has 2 rings (SSSR count). The maximum absolute atomic E-state index is 11.5. The molecule has 7 nitrogen and oxygen atoms in total. The third-order valence-electron chi connectivity index (χ3n) is 1.84. The van der Waals surface area contributed by atoms with Crippen LogP contribution in [-0.4, -0.2) is 31.1 Å². The van der Waals surface area contributed by atoms with Gasteiger partial charge < -0.3 is 5.32 Å². The van der Waals surface area contributed by atoms with Crippen molar-refractivity contribution in [3.63, 3.8) is 0 Å². The average molecular weight is 206 g/mol. The van der Waals surface area contributed by atoms with E-state index in [4.69, 9.17) is 0 Å². The van der Waals surface area contributed by atoms with E-state index in [1.165, 1.54) is 4.68 Å². The van der Waals surface area contributed by atoms with E-state index in [1.807, 2.05) is 0 Å². The maximum Gasteiger partial charge on any atom is 0.273 e. The number of H-pyrrole nitrogens is 1. The molecule has 2 N–H and O–H groups in total. The molecule has 0 aliphatic carbocycles. The molecule has 0 spiro atoms. The van der Waals surface area contributed by atoms with Crippen LogP contribution >= 0.6 is 0 Å². The fourth-order valence-corrected chi connectivity index (χ4v) is 1.10. The highest BCUT2D eigenvalue weighted by Crippen LogP contribution is 1.95. The van der Waals surface area contributed by atoms with Gasteiger partial charge in [-0.1, -0.05) is 5.21 Å². The van der Waals surface area contributed by atoms with Gasteiger partial charge in [0.05, 0.1) is 12.4 Å². The summed E-state index contributed by atoms with van der Waals surface area (Å²) in [4.78, 5) is 11.5. The Morgan fingerprint density at radius 2 is 2.53 bits per heavy atom. The van der Waals surface area contributed by atoms with Crippen LogP contribution in [-0.2, 0) is 13.6 Å². The average Bonchev–Trinajstić information content (AvgIpc) is 2.84. The van der Waals surface area contributed by atoms with Crippen molar-refractivity contribution >= 4 is 5.91 Å². The summed E-state index contributed by atoms with van der Waals surface area (Å²) in [5.74, 6) is -0.246. The molecule has 0 aliphatic rings. The number of carbonyl (C=O) groups is 1. The molecule has 2 heterocycles. The van der Waals surface area contributed by atoms with Gasteiger partial charge in [0.15, 0.2) is 5.69 Å². The highest BCUT2D eigenvalue weighted by Gasteiger charge is 2.08. The lowest BCUT2D eigenvalue weighted by Crippen LogP contribution is -2.22. The summed E-state index contributed by atoms with van der Waals surface area (Å²) in [6.45, 7) is 0.423. The predicted molar refractivity (Wildman–Crippen MR) is 50.8 cm³/mol. The van der Waals surface area contributed by atoms with Crippen LogP contribution in [0.1, 0.15) is 16.1 Å². The van der Waals surface area contributed by atoms with Gasteiger partial charge >= 0.3 is 0 Å². The molecule has 0 fully saturated rings. The Hall–Kier alpha value is -2.18. The number of nitrogens with one attached hydrogen (secondary N) is 2. The molecule has 7 heteroatoms. The summed E-state index contributed by atoms with van der Waals surface area (Å²) in [5.41, 5.74) is 1.22. The van der Waals surface area contributed by atoms with E-state index in [-0.39, 0.29) is 5.91 Å². The lowest BCUT2D eigenvalue weighted by molar-refractivity contribution is 0.0946. The van der Waals surface area contributed by atoms with Gasteiger partial charge in [-0.3, -0.25) is 14.6 Å². The first-order chi connectivity index (χ1) is 7.25. The minimum atomic E-state index is -0.246.